The van der Waals surface area contributed by atoms with Gasteiger partial charge in [0.25, 0.3) is 0 Å². The molecule has 2 N–H and O–H groups in total. The minimum Gasteiger partial charge on any atom is -0.381 e. The van der Waals surface area contributed by atoms with Crippen molar-refractivity contribution in [2.24, 2.45) is 5.92 Å². The Balaban J connectivity index is 0.00000256. The molecule has 6 nitrogen and oxygen atoms in total. The molecule has 0 aliphatic carbocycles. The number of likely N-dealkylation sites (tertiary alicyclic amines) is 1. The second kappa shape index (κ2) is 10.6. The number of rotatable bonds is 5. The summed E-state index contributed by atoms with van der Waals surface area (Å²) in [5, 5.41) is 6.36. The lowest BCUT2D eigenvalue weighted by molar-refractivity contribution is -0.143. The van der Waals surface area contributed by atoms with Crippen LogP contribution in [-0.2, 0) is 19.7 Å². The van der Waals surface area contributed by atoms with Gasteiger partial charge >= 0.3 is 0 Å². The molecule has 0 bridgehead atoms. The Morgan fingerprint density at radius 2 is 1.90 bits per heavy atom. The molecule has 7 heteroatoms. The molecule has 0 radical (unpaired) electrons. The van der Waals surface area contributed by atoms with E-state index >= 15 is 0 Å². The maximum absolute atomic E-state index is 13.7. The van der Waals surface area contributed by atoms with Gasteiger partial charge in [0.2, 0.25) is 11.8 Å². The Labute approximate surface area is 185 Å². The average Bonchev–Trinajstić information content (AvgIpc) is 3.33. The Kier molecular flexibility index (Phi) is 8.14. The molecule has 0 spiro atoms. The summed E-state index contributed by atoms with van der Waals surface area (Å²) in [4.78, 5) is 28.1. The molecule has 1 aromatic rings. The molecule has 1 aromatic carbocycles. The van der Waals surface area contributed by atoms with Gasteiger partial charge in [0, 0.05) is 32.8 Å². The fourth-order valence-electron chi connectivity index (χ4n) is 5.10. The quantitative estimate of drug-likeness (QED) is 0.744. The van der Waals surface area contributed by atoms with Gasteiger partial charge in [-0.25, -0.2) is 0 Å². The first-order chi connectivity index (χ1) is 14.2. The highest BCUT2D eigenvalue weighted by Crippen LogP contribution is 2.37. The number of halogens is 1. The topological polar surface area (TPSA) is 70.7 Å². The number of carbonyl (C=O) groups excluding carboxylic acids is 2. The van der Waals surface area contributed by atoms with Crippen LogP contribution in [0.3, 0.4) is 0 Å². The summed E-state index contributed by atoms with van der Waals surface area (Å²) < 4.78 is 5.59. The van der Waals surface area contributed by atoms with Crippen molar-refractivity contribution in [3.8, 4) is 0 Å². The lowest BCUT2D eigenvalue weighted by Gasteiger charge is -2.43. The van der Waals surface area contributed by atoms with Crippen molar-refractivity contribution in [1.29, 1.82) is 0 Å². The first-order valence-electron chi connectivity index (χ1n) is 11.1. The van der Waals surface area contributed by atoms with Crippen LogP contribution in [0, 0.1) is 5.92 Å². The van der Waals surface area contributed by atoms with Crippen molar-refractivity contribution >= 4 is 24.2 Å². The normalized spacial score (nSPS) is 25.9. The number of carbonyl (C=O) groups is 2. The van der Waals surface area contributed by atoms with Gasteiger partial charge in [-0.1, -0.05) is 30.3 Å². The molecule has 2 atom stereocenters. The van der Waals surface area contributed by atoms with E-state index in [1.807, 2.05) is 23.1 Å². The van der Waals surface area contributed by atoms with Gasteiger partial charge < -0.3 is 20.3 Å². The van der Waals surface area contributed by atoms with Crippen LogP contribution in [-0.4, -0.2) is 62.1 Å². The fourth-order valence-corrected chi connectivity index (χ4v) is 5.10. The summed E-state index contributed by atoms with van der Waals surface area (Å²) in [5.41, 5.74) is 0.634. The van der Waals surface area contributed by atoms with E-state index in [9.17, 15) is 9.59 Å². The molecule has 0 aromatic heterocycles. The zero-order chi connectivity index (χ0) is 20.1. The Morgan fingerprint density at radius 1 is 1.13 bits per heavy atom. The van der Waals surface area contributed by atoms with Gasteiger partial charge in [0.05, 0.1) is 11.5 Å². The molecule has 3 heterocycles. The van der Waals surface area contributed by atoms with Crippen molar-refractivity contribution < 1.29 is 14.3 Å². The summed E-state index contributed by atoms with van der Waals surface area (Å²) in [6.45, 7) is 4.37. The van der Waals surface area contributed by atoms with Crippen LogP contribution in [0.5, 0.6) is 0 Å². The summed E-state index contributed by atoms with van der Waals surface area (Å²) in [5.74, 6) is 0.669. The van der Waals surface area contributed by atoms with Gasteiger partial charge in [-0.05, 0) is 56.6 Å². The number of amides is 2. The van der Waals surface area contributed by atoms with E-state index in [-0.39, 0.29) is 30.3 Å². The molecule has 2 amide bonds. The van der Waals surface area contributed by atoms with Crippen molar-refractivity contribution in [2.75, 3.05) is 39.4 Å². The first-order valence-corrected chi connectivity index (χ1v) is 11.1. The van der Waals surface area contributed by atoms with E-state index in [0.29, 0.717) is 25.7 Å². The Hall–Kier alpha value is -1.63. The van der Waals surface area contributed by atoms with Crippen LogP contribution < -0.4 is 10.6 Å². The minimum absolute atomic E-state index is 0. The standard InChI is InChI=1S/C23H33N3O3.ClH/c27-21(20-9-4-12-24-20)25-16-18-6-5-13-26(17-18)22(28)23(10-14-29-15-11-23)19-7-2-1-3-8-19;/h1-3,7-8,18,20,24H,4-6,9-17H2,(H,25,27);1H. The monoisotopic (exact) mass is 435 g/mol. The zero-order valence-electron chi connectivity index (χ0n) is 17.6. The number of nitrogens with one attached hydrogen (secondary N) is 2. The highest BCUT2D eigenvalue weighted by atomic mass is 35.5. The lowest BCUT2D eigenvalue weighted by atomic mass is 9.72. The van der Waals surface area contributed by atoms with Crippen molar-refractivity contribution in [3.63, 3.8) is 0 Å². The predicted molar refractivity (Wildman–Crippen MR) is 119 cm³/mol. The molecule has 3 aliphatic rings. The molecule has 3 aliphatic heterocycles. The van der Waals surface area contributed by atoms with Crippen LogP contribution in [0.25, 0.3) is 0 Å². The van der Waals surface area contributed by atoms with Crippen molar-refractivity contribution in [3.05, 3.63) is 35.9 Å². The van der Waals surface area contributed by atoms with Gasteiger partial charge in [-0.2, -0.15) is 0 Å². The highest BCUT2D eigenvalue weighted by molar-refractivity contribution is 5.88. The Morgan fingerprint density at radius 3 is 2.60 bits per heavy atom. The van der Waals surface area contributed by atoms with Crippen LogP contribution in [0.15, 0.2) is 30.3 Å². The third kappa shape index (κ3) is 4.98. The number of ether oxygens (including phenoxy) is 1. The van der Waals surface area contributed by atoms with Crippen molar-refractivity contribution in [1.82, 2.24) is 15.5 Å². The molecule has 3 saturated heterocycles. The molecule has 30 heavy (non-hydrogen) atoms. The SMILES string of the molecule is Cl.O=C(NCC1CCCN(C(=O)C2(c3ccccc3)CCOCC2)C1)C1CCCN1. The van der Waals surface area contributed by atoms with Gasteiger partial charge in [0.1, 0.15) is 0 Å². The molecular formula is C23H34ClN3O3. The van der Waals surface area contributed by atoms with Gasteiger partial charge in [0.15, 0.2) is 0 Å². The van der Waals surface area contributed by atoms with E-state index in [2.05, 4.69) is 22.8 Å². The number of benzene rings is 1. The third-order valence-corrected chi connectivity index (χ3v) is 6.83. The van der Waals surface area contributed by atoms with E-state index < -0.39 is 5.41 Å². The summed E-state index contributed by atoms with van der Waals surface area (Å²) in [6.07, 6.45) is 5.51. The van der Waals surface area contributed by atoms with Crippen LogP contribution in [0.4, 0.5) is 0 Å². The van der Waals surface area contributed by atoms with E-state index in [1.54, 1.807) is 0 Å². The number of hydrogen-bond acceptors (Lipinski definition) is 4. The third-order valence-electron chi connectivity index (χ3n) is 6.83. The molecule has 3 fully saturated rings. The Bertz CT molecular complexity index is 703. The lowest BCUT2D eigenvalue weighted by Crippen LogP contribution is -2.53. The predicted octanol–water partition coefficient (Wildman–Crippen LogP) is 2.26. The second-order valence-electron chi connectivity index (χ2n) is 8.71. The van der Waals surface area contributed by atoms with E-state index in [4.69, 9.17) is 4.74 Å². The molecule has 2 unspecified atom stereocenters. The molecule has 4 rings (SSSR count). The number of piperidine rings is 1. The zero-order valence-corrected chi connectivity index (χ0v) is 18.4. The molecule has 0 saturated carbocycles. The maximum atomic E-state index is 13.7. The second-order valence-corrected chi connectivity index (χ2v) is 8.71. The van der Waals surface area contributed by atoms with Gasteiger partial charge in [-0.3, -0.25) is 9.59 Å². The van der Waals surface area contributed by atoms with Gasteiger partial charge in [-0.15, -0.1) is 12.4 Å². The van der Waals surface area contributed by atoms with E-state index in [0.717, 1.165) is 63.7 Å². The summed E-state index contributed by atoms with van der Waals surface area (Å²) in [6, 6.07) is 10.2. The molecule has 166 valence electrons. The smallest absolute Gasteiger partial charge is 0.237 e. The summed E-state index contributed by atoms with van der Waals surface area (Å²) in [7, 11) is 0. The fraction of sp³-hybridized carbons (Fsp3) is 0.652. The maximum Gasteiger partial charge on any atom is 0.237 e. The van der Waals surface area contributed by atoms with Crippen LogP contribution in [0.2, 0.25) is 0 Å². The average molecular weight is 436 g/mol. The van der Waals surface area contributed by atoms with Crippen LogP contribution in [0.1, 0.15) is 44.1 Å². The first kappa shape index (κ1) is 23.0. The largest absolute Gasteiger partial charge is 0.381 e. The van der Waals surface area contributed by atoms with Crippen molar-refractivity contribution in [2.45, 2.75) is 50.0 Å². The number of nitrogens with zero attached hydrogens (tertiary/aromatic N) is 1. The minimum atomic E-state index is -0.474. The van der Waals surface area contributed by atoms with E-state index in [1.165, 1.54) is 0 Å². The highest BCUT2D eigenvalue weighted by Gasteiger charge is 2.44. The number of hydrogen-bond donors (Lipinski definition) is 2. The molecular weight excluding hydrogens is 402 g/mol. The summed E-state index contributed by atoms with van der Waals surface area (Å²) >= 11 is 0. The van der Waals surface area contributed by atoms with Crippen LogP contribution >= 0.6 is 12.4 Å².